The van der Waals surface area contributed by atoms with Crippen molar-refractivity contribution in [3.63, 3.8) is 0 Å². The average molecular weight is 401 g/mol. The van der Waals surface area contributed by atoms with E-state index in [9.17, 15) is 8.42 Å². The van der Waals surface area contributed by atoms with Crippen LogP contribution in [0.25, 0.3) is 10.4 Å². The van der Waals surface area contributed by atoms with Crippen LogP contribution in [0.3, 0.4) is 0 Å². The average Bonchev–Trinajstić information content (AvgIpc) is 2.62. The molecular formula is C15H19N3O6S2. The number of benzene rings is 1. The first-order valence-electron chi connectivity index (χ1n) is 7.85. The van der Waals surface area contributed by atoms with Crippen molar-refractivity contribution < 1.29 is 26.8 Å². The monoisotopic (exact) mass is 401 g/mol. The predicted molar refractivity (Wildman–Crippen MR) is 94.8 cm³/mol. The second kappa shape index (κ2) is 8.13. The maximum atomic E-state index is 11.8. The summed E-state index contributed by atoms with van der Waals surface area (Å²) in [5.41, 5.74) is 9.12. The molecule has 3 unspecified atom stereocenters. The highest BCUT2D eigenvalue weighted by molar-refractivity contribution is 7.99. The molecule has 0 radical (unpaired) electrons. The Morgan fingerprint density at radius 1 is 1.31 bits per heavy atom. The number of thioether (sulfide) groups is 1. The molecule has 0 saturated carbocycles. The van der Waals surface area contributed by atoms with Gasteiger partial charge >= 0.3 is 0 Å². The van der Waals surface area contributed by atoms with Crippen molar-refractivity contribution >= 4 is 21.9 Å². The van der Waals surface area contributed by atoms with E-state index in [0.717, 1.165) is 11.8 Å². The fourth-order valence-electron chi connectivity index (χ4n) is 3.03. The largest absolute Gasteiger partial charge is 0.359 e. The molecule has 0 aromatic heterocycles. The fourth-order valence-corrected chi connectivity index (χ4v) is 4.40. The van der Waals surface area contributed by atoms with E-state index in [1.807, 2.05) is 30.3 Å². The summed E-state index contributed by atoms with van der Waals surface area (Å²) >= 11 is 1.30. The molecule has 2 fully saturated rings. The minimum Gasteiger partial charge on any atom is -0.359 e. The highest BCUT2D eigenvalue weighted by Crippen LogP contribution is 2.39. The Labute approximate surface area is 155 Å². The second-order valence-corrected chi connectivity index (χ2v) is 8.45. The molecule has 9 nitrogen and oxygen atoms in total. The third kappa shape index (κ3) is 4.32. The van der Waals surface area contributed by atoms with Gasteiger partial charge in [-0.05, 0) is 11.8 Å². The maximum Gasteiger partial charge on any atom is 0.264 e. The molecule has 2 aliphatic heterocycles. The lowest BCUT2D eigenvalue weighted by molar-refractivity contribution is -0.301. The lowest BCUT2D eigenvalue weighted by atomic mass is 9.97. The number of hydrogen-bond acceptors (Lipinski definition) is 8. The zero-order valence-corrected chi connectivity index (χ0v) is 15.8. The smallest absolute Gasteiger partial charge is 0.264 e. The molecule has 1 aromatic rings. The molecule has 2 saturated heterocycles. The summed E-state index contributed by atoms with van der Waals surface area (Å²) in [5, 5.41) is 3.71. The van der Waals surface area contributed by atoms with Gasteiger partial charge in [0, 0.05) is 10.5 Å². The van der Waals surface area contributed by atoms with Crippen LogP contribution in [-0.4, -0.2) is 57.3 Å². The number of fused-ring (bicyclic) bond motifs is 1. The quantitative estimate of drug-likeness (QED) is 0.321. The van der Waals surface area contributed by atoms with Gasteiger partial charge in [0.2, 0.25) is 0 Å². The molecular weight excluding hydrogens is 382 g/mol. The van der Waals surface area contributed by atoms with Gasteiger partial charge in [-0.1, -0.05) is 35.4 Å². The van der Waals surface area contributed by atoms with Gasteiger partial charge in [0.25, 0.3) is 10.1 Å². The number of azide groups is 1. The SMILES string of the molecule is CS[C@@H]1OC2COC(c3ccccc3)O[C@H]2[C@H](OS(C)(=O)=O)C1N=[N+]=[N-]. The van der Waals surface area contributed by atoms with E-state index in [0.29, 0.717) is 0 Å². The Morgan fingerprint density at radius 2 is 2.04 bits per heavy atom. The maximum absolute atomic E-state index is 11.8. The summed E-state index contributed by atoms with van der Waals surface area (Å²) in [6, 6.07) is 8.40. The van der Waals surface area contributed by atoms with Crippen molar-refractivity contribution in [1.29, 1.82) is 0 Å². The Morgan fingerprint density at radius 3 is 2.65 bits per heavy atom. The minimum atomic E-state index is -3.81. The van der Waals surface area contributed by atoms with Gasteiger partial charge in [0.05, 0.1) is 12.9 Å². The van der Waals surface area contributed by atoms with E-state index in [2.05, 4.69) is 10.0 Å². The van der Waals surface area contributed by atoms with Crippen molar-refractivity contribution in [3.8, 4) is 0 Å². The summed E-state index contributed by atoms with van der Waals surface area (Å²) in [6.45, 7) is 0.202. The Kier molecular flexibility index (Phi) is 6.08. The van der Waals surface area contributed by atoms with Crippen molar-refractivity contribution in [3.05, 3.63) is 46.3 Å². The van der Waals surface area contributed by atoms with Crippen LogP contribution in [0.4, 0.5) is 0 Å². The highest BCUT2D eigenvalue weighted by Gasteiger charge is 2.51. The highest BCUT2D eigenvalue weighted by atomic mass is 32.2. The Balaban J connectivity index is 1.91. The summed E-state index contributed by atoms with van der Waals surface area (Å²) in [5.74, 6) is 0. The first kappa shape index (κ1) is 19.4. The molecule has 26 heavy (non-hydrogen) atoms. The van der Waals surface area contributed by atoms with E-state index in [1.165, 1.54) is 11.8 Å². The summed E-state index contributed by atoms with van der Waals surface area (Å²) < 4.78 is 46.4. The zero-order valence-electron chi connectivity index (χ0n) is 14.2. The lowest BCUT2D eigenvalue weighted by Crippen LogP contribution is -2.61. The van der Waals surface area contributed by atoms with Gasteiger partial charge in [-0.25, -0.2) is 0 Å². The third-order valence-electron chi connectivity index (χ3n) is 4.08. The van der Waals surface area contributed by atoms with Crippen LogP contribution >= 0.6 is 11.8 Å². The first-order chi connectivity index (χ1) is 12.4. The molecule has 0 spiro atoms. The number of rotatable bonds is 5. The van der Waals surface area contributed by atoms with Crippen molar-refractivity contribution in [1.82, 2.24) is 0 Å². The number of hydrogen-bond donors (Lipinski definition) is 0. The van der Waals surface area contributed by atoms with Crippen molar-refractivity contribution in [2.24, 2.45) is 5.11 Å². The van der Waals surface area contributed by atoms with Crippen LogP contribution in [0.2, 0.25) is 0 Å². The number of nitrogens with zero attached hydrogens (tertiary/aromatic N) is 3. The molecule has 1 aromatic carbocycles. The number of ether oxygens (including phenoxy) is 3. The molecule has 0 amide bonds. The van der Waals surface area contributed by atoms with Crippen LogP contribution in [0.15, 0.2) is 35.4 Å². The van der Waals surface area contributed by atoms with Crippen molar-refractivity contribution in [2.75, 3.05) is 19.1 Å². The van der Waals surface area contributed by atoms with Crippen LogP contribution in [0.1, 0.15) is 11.9 Å². The van der Waals surface area contributed by atoms with Crippen LogP contribution in [-0.2, 0) is 28.5 Å². The van der Waals surface area contributed by atoms with Gasteiger partial charge in [0.15, 0.2) is 6.29 Å². The molecule has 142 valence electrons. The topological polar surface area (TPSA) is 120 Å². The van der Waals surface area contributed by atoms with Gasteiger partial charge in [-0.2, -0.15) is 8.42 Å². The van der Waals surface area contributed by atoms with Gasteiger partial charge in [0.1, 0.15) is 29.8 Å². The van der Waals surface area contributed by atoms with E-state index >= 15 is 0 Å². The second-order valence-electron chi connectivity index (χ2n) is 5.92. The lowest BCUT2D eigenvalue weighted by Gasteiger charge is -2.47. The predicted octanol–water partition coefficient (Wildman–Crippen LogP) is 2.21. The normalized spacial score (nSPS) is 34.5. The molecule has 3 rings (SSSR count). The van der Waals surface area contributed by atoms with E-state index in [1.54, 1.807) is 6.26 Å². The molecule has 0 N–H and O–H groups in total. The Hall–Kier alpha value is -1.33. The van der Waals surface area contributed by atoms with E-state index in [-0.39, 0.29) is 6.61 Å². The first-order valence-corrected chi connectivity index (χ1v) is 11.0. The molecule has 6 atom stereocenters. The van der Waals surface area contributed by atoms with Crippen LogP contribution in [0, 0.1) is 0 Å². The summed E-state index contributed by atoms with van der Waals surface area (Å²) in [4.78, 5) is 2.82. The molecule has 2 heterocycles. The minimum absolute atomic E-state index is 0.202. The summed E-state index contributed by atoms with van der Waals surface area (Å²) in [6.07, 6.45) is -0.268. The standard InChI is InChI=1S/C15H19N3O6S2/c1-25-15-11(17-18-16)13(24-26(2,19)20)12-10(22-15)8-21-14(23-12)9-6-4-3-5-7-9/h3-7,10-15H,8H2,1-2H3/t10?,11?,12-,13-,14?,15+/m1/s1. The molecule has 0 bridgehead atoms. The van der Waals surface area contributed by atoms with Gasteiger partial charge in [-0.15, -0.1) is 11.8 Å². The van der Waals surface area contributed by atoms with Gasteiger partial charge in [-0.3, -0.25) is 4.18 Å². The molecule has 11 heteroatoms. The fraction of sp³-hybridized carbons (Fsp3) is 0.600. The summed E-state index contributed by atoms with van der Waals surface area (Å²) in [7, 11) is -3.81. The van der Waals surface area contributed by atoms with E-state index in [4.69, 9.17) is 23.9 Å². The third-order valence-corrected chi connectivity index (χ3v) is 5.51. The Bertz CT molecular complexity index is 771. The van der Waals surface area contributed by atoms with Crippen LogP contribution in [0.5, 0.6) is 0 Å². The van der Waals surface area contributed by atoms with E-state index < -0.39 is 46.2 Å². The van der Waals surface area contributed by atoms with Crippen molar-refractivity contribution in [2.45, 2.75) is 36.1 Å². The molecule has 0 aliphatic carbocycles. The van der Waals surface area contributed by atoms with Gasteiger partial charge < -0.3 is 14.2 Å². The molecule has 2 aliphatic rings. The van der Waals surface area contributed by atoms with Crippen LogP contribution < -0.4 is 0 Å². The zero-order chi connectivity index (χ0) is 18.7.